The van der Waals surface area contributed by atoms with E-state index in [2.05, 4.69) is 48.4 Å². The van der Waals surface area contributed by atoms with E-state index in [4.69, 9.17) is 4.74 Å². The Balaban J connectivity index is 2.27. The quantitative estimate of drug-likeness (QED) is 0.774. The van der Waals surface area contributed by atoms with Crippen LogP contribution in [0.2, 0.25) is 0 Å². The molecule has 0 radical (unpaired) electrons. The smallest absolute Gasteiger partial charge is 0.0705 e. The van der Waals surface area contributed by atoms with Gasteiger partial charge in [-0.25, -0.2) is 0 Å². The maximum atomic E-state index is 5.72. The van der Waals surface area contributed by atoms with Gasteiger partial charge in [-0.05, 0) is 30.7 Å². The first kappa shape index (κ1) is 14.0. The molecule has 0 spiro atoms. The van der Waals surface area contributed by atoms with Gasteiger partial charge < -0.3 is 10.1 Å². The number of pyridine rings is 1. The summed E-state index contributed by atoms with van der Waals surface area (Å²) < 4.78 is 5.72. The first-order valence-electron chi connectivity index (χ1n) is 7.01. The van der Waals surface area contributed by atoms with Gasteiger partial charge in [0.1, 0.15) is 0 Å². The number of nitrogens with zero attached hydrogens (tertiary/aromatic N) is 1. The molecule has 0 aliphatic rings. The predicted molar refractivity (Wildman–Crippen MR) is 79.3 cm³/mol. The van der Waals surface area contributed by atoms with Crippen molar-refractivity contribution in [1.82, 2.24) is 10.3 Å². The molecule has 1 unspecified atom stereocenters. The van der Waals surface area contributed by atoms with Gasteiger partial charge in [-0.1, -0.05) is 32.0 Å². The van der Waals surface area contributed by atoms with Crippen LogP contribution in [0.3, 0.4) is 0 Å². The number of likely N-dealkylation sites (N-methyl/N-ethyl adjacent to an activating group) is 1. The average Bonchev–Trinajstić information content (AvgIpc) is 2.46. The normalized spacial score (nSPS) is 12.7. The Kier molecular flexibility index (Phi) is 5.31. The Morgan fingerprint density at radius 2 is 2.11 bits per heavy atom. The standard InChI is InChI=1S/C16H22N2O/c1-3-11-19-12-16(17-4-2)14-7-5-9-15-13(14)8-6-10-18-15/h5-10,16-17H,3-4,11-12H2,1-2H3. The summed E-state index contributed by atoms with van der Waals surface area (Å²) in [5, 5.41) is 4.70. The number of rotatable bonds is 7. The van der Waals surface area contributed by atoms with E-state index in [9.17, 15) is 0 Å². The fourth-order valence-corrected chi connectivity index (χ4v) is 2.28. The molecule has 2 rings (SSSR count). The van der Waals surface area contributed by atoms with E-state index in [0.717, 1.165) is 25.1 Å². The second kappa shape index (κ2) is 7.22. The summed E-state index contributed by atoms with van der Waals surface area (Å²) in [7, 11) is 0. The third-order valence-corrected chi connectivity index (χ3v) is 3.14. The highest BCUT2D eigenvalue weighted by molar-refractivity contribution is 5.82. The fourth-order valence-electron chi connectivity index (χ4n) is 2.28. The number of fused-ring (bicyclic) bond motifs is 1. The summed E-state index contributed by atoms with van der Waals surface area (Å²) in [5.74, 6) is 0. The molecule has 0 aliphatic heterocycles. The molecule has 1 N–H and O–H groups in total. The van der Waals surface area contributed by atoms with Gasteiger partial charge >= 0.3 is 0 Å². The summed E-state index contributed by atoms with van der Waals surface area (Å²) in [5.41, 5.74) is 2.31. The zero-order chi connectivity index (χ0) is 13.5. The van der Waals surface area contributed by atoms with Crippen LogP contribution >= 0.6 is 0 Å². The van der Waals surface area contributed by atoms with E-state index in [1.54, 1.807) is 0 Å². The maximum absolute atomic E-state index is 5.72. The maximum Gasteiger partial charge on any atom is 0.0705 e. The Hall–Kier alpha value is -1.45. The van der Waals surface area contributed by atoms with Gasteiger partial charge in [-0.3, -0.25) is 4.98 Å². The Morgan fingerprint density at radius 1 is 1.21 bits per heavy atom. The van der Waals surface area contributed by atoms with Gasteiger partial charge in [-0.2, -0.15) is 0 Å². The lowest BCUT2D eigenvalue weighted by Crippen LogP contribution is -2.25. The van der Waals surface area contributed by atoms with Crippen molar-refractivity contribution in [2.24, 2.45) is 0 Å². The van der Waals surface area contributed by atoms with Crippen molar-refractivity contribution in [3.05, 3.63) is 42.1 Å². The molecule has 3 heteroatoms. The van der Waals surface area contributed by atoms with Crippen molar-refractivity contribution in [3.63, 3.8) is 0 Å². The fraction of sp³-hybridized carbons (Fsp3) is 0.438. The Bertz CT molecular complexity index is 508. The van der Waals surface area contributed by atoms with Crippen LogP contribution in [0.15, 0.2) is 36.5 Å². The molecule has 0 saturated heterocycles. The first-order valence-corrected chi connectivity index (χ1v) is 7.01. The molecule has 0 amide bonds. The van der Waals surface area contributed by atoms with E-state index in [1.807, 2.05) is 12.3 Å². The van der Waals surface area contributed by atoms with E-state index in [1.165, 1.54) is 10.9 Å². The van der Waals surface area contributed by atoms with Gasteiger partial charge in [0.05, 0.1) is 18.2 Å². The highest BCUT2D eigenvalue weighted by Gasteiger charge is 2.13. The van der Waals surface area contributed by atoms with Gasteiger partial charge in [0.25, 0.3) is 0 Å². The van der Waals surface area contributed by atoms with Crippen molar-refractivity contribution in [2.75, 3.05) is 19.8 Å². The van der Waals surface area contributed by atoms with Gasteiger partial charge in [-0.15, -0.1) is 0 Å². The largest absolute Gasteiger partial charge is 0.379 e. The van der Waals surface area contributed by atoms with Crippen molar-refractivity contribution in [3.8, 4) is 0 Å². The number of aromatic nitrogens is 1. The summed E-state index contributed by atoms with van der Waals surface area (Å²) >= 11 is 0. The molecule has 1 aromatic heterocycles. The van der Waals surface area contributed by atoms with Crippen molar-refractivity contribution in [2.45, 2.75) is 26.3 Å². The zero-order valence-electron chi connectivity index (χ0n) is 11.7. The molecular weight excluding hydrogens is 236 g/mol. The van der Waals surface area contributed by atoms with Gasteiger partial charge in [0.2, 0.25) is 0 Å². The van der Waals surface area contributed by atoms with Crippen LogP contribution in [0.5, 0.6) is 0 Å². The van der Waals surface area contributed by atoms with Crippen LogP contribution < -0.4 is 5.32 Å². The van der Waals surface area contributed by atoms with Crippen molar-refractivity contribution in [1.29, 1.82) is 0 Å². The molecule has 1 heterocycles. The minimum absolute atomic E-state index is 0.226. The molecule has 19 heavy (non-hydrogen) atoms. The molecule has 102 valence electrons. The lowest BCUT2D eigenvalue weighted by atomic mass is 10.0. The second-order valence-corrected chi connectivity index (χ2v) is 4.60. The topological polar surface area (TPSA) is 34.1 Å². The van der Waals surface area contributed by atoms with Gasteiger partial charge in [0, 0.05) is 18.2 Å². The highest BCUT2D eigenvalue weighted by Crippen LogP contribution is 2.23. The molecule has 0 fully saturated rings. The number of ether oxygens (including phenoxy) is 1. The van der Waals surface area contributed by atoms with Crippen LogP contribution in [0.25, 0.3) is 10.9 Å². The molecule has 0 saturated carbocycles. The Labute approximate surface area is 115 Å². The van der Waals surface area contributed by atoms with Crippen molar-refractivity contribution >= 4 is 10.9 Å². The van der Waals surface area contributed by atoms with E-state index < -0.39 is 0 Å². The molecule has 3 nitrogen and oxygen atoms in total. The third kappa shape index (κ3) is 3.52. The van der Waals surface area contributed by atoms with Crippen LogP contribution in [-0.4, -0.2) is 24.7 Å². The number of benzene rings is 1. The van der Waals surface area contributed by atoms with Crippen LogP contribution in [0.4, 0.5) is 0 Å². The van der Waals surface area contributed by atoms with Crippen LogP contribution in [0, 0.1) is 0 Å². The zero-order valence-corrected chi connectivity index (χ0v) is 11.7. The monoisotopic (exact) mass is 258 g/mol. The molecular formula is C16H22N2O. The average molecular weight is 258 g/mol. The lowest BCUT2D eigenvalue weighted by molar-refractivity contribution is 0.113. The first-order chi connectivity index (χ1) is 9.36. The van der Waals surface area contributed by atoms with Gasteiger partial charge in [0.15, 0.2) is 0 Å². The van der Waals surface area contributed by atoms with E-state index in [0.29, 0.717) is 6.61 Å². The number of hydrogen-bond donors (Lipinski definition) is 1. The number of hydrogen-bond acceptors (Lipinski definition) is 3. The highest BCUT2D eigenvalue weighted by atomic mass is 16.5. The van der Waals surface area contributed by atoms with Crippen LogP contribution in [0.1, 0.15) is 31.9 Å². The van der Waals surface area contributed by atoms with E-state index >= 15 is 0 Å². The van der Waals surface area contributed by atoms with Crippen molar-refractivity contribution < 1.29 is 4.74 Å². The number of nitrogens with one attached hydrogen (secondary N) is 1. The van der Waals surface area contributed by atoms with E-state index in [-0.39, 0.29) is 6.04 Å². The molecule has 0 aliphatic carbocycles. The third-order valence-electron chi connectivity index (χ3n) is 3.14. The lowest BCUT2D eigenvalue weighted by Gasteiger charge is -2.20. The summed E-state index contributed by atoms with van der Waals surface area (Å²) in [4.78, 5) is 4.41. The summed E-state index contributed by atoms with van der Waals surface area (Å²) in [6, 6.07) is 10.6. The second-order valence-electron chi connectivity index (χ2n) is 4.60. The predicted octanol–water partition coefficient (Wildman–Crippen LogP) is 3.31. The minimum Gasteiger partial charge on any atom is -0.379 e. The Morgan fingerprint density at radius 3 is 2.89 bits per heavy atom. The minimum atomic E-state index is 0.226. The molecule has 1 aromatic carbocycles. The summed E-state index contributed by atoms with van der Waals surface area (Å²) in [6.45, 7) is 6.69. The molecule has 1 atom stereocenters. The SMILES string of the molecule is CCCOCC(NCC)c1cccc2ncccc12. The molecule has 2 aromatic rings. The van der Waals surface area contributed by atoms with Crippen LogP contribution in [-0.2, 0) is 4.74 Å². The summed E-state index contributed by atoms with van der Waals surface area (Å²) in [6.07, 6.45) is 2.89. The molecule has 0 bridgehead atoms.